The number of rotatable bonds is 10. The van der Waals surface area contributed by atoms with E-state index in [0.29, 0.717) is 24.5 Å². The molecule has 6 nitrogen and oxygen atoms in total. The molecule has 0 unspecified atom stereocenters. The smallest absolute Gasteiger partial charge is 0.156 e. The van der Waals surface area contributed by atoms with E-state index in [1.54, 1.807) is 35.7 Å². The van der Waals surface area contributed by atoms with Gasteiger partial charge in [0.05, 0.1) is 26.2 Å². The van der Waals surface area contributed by atoms with Gasteiger partial charge in [-0.25, -0.2) is 23.1 Å². The van der Waals surface area contributed by atoms with E-state index >= 15 is 4.39 Å². The third-order valence-corrected chi connectivity index (χ3v) is 8.64. The number of ether oxygens (including phenoxy) is 1. The third kappa shape index (κ3) is 6.77. The highest BCUT2D eigenvalue weighted by Crippen LogP contribution is 2.43. The number of halogens is 3. The third-order valence-electron chi connectivity index (χ3n) is 6.52. The Morgan fingerprint density at radius 2 is 1.90 bits per heavy atom. The van der Waals surface area contributed by atoms with Crippen LogP contribution in [0.2, 0.25) is 0 Å². The second-order valence-electron chi connectivity index (χ2n) is 9.72. The second-order valence-corrected chi connectivity index (χ2v) is 11.6. The lowest BCUT2D eigenvalue weighted by Crippen LogP contribution is -2.21. The Morgan fingerprint density at radius 1 is 1.07 bits per heavy atom. The minimum atomic E-state index is -0.592. The molecule has 0 aliphatic carbocycles. The molecule has 2 aromatic carbocycles. The number of thiazole rings is 1. The summed E-state index contributed by atoms with van der Waals surface area (Å²) in [4.78, 5) is 12.4. The van der Waals surface area contributed by atoms with Crippen molar-refractivity contribution in [3.8, 4) is 21.7 Å². The Hall–Kier alpha value is -3.12. The molecule has 210 valence electrons. The van der Waals surface area contributed by atoms with E-state index in [4.69, 9.17) is 9.72 Å². The molecule has 0 saturated carbocycles. The minimum Gasteiger partial charge on any atom is -0.381 e. The molecule has 0 bridgehead atoms. The predicted octanol–water partition coefficient (Wildman–Crippen LogP) is 7.28. The van der Waals surface area contributed by atoms with Crippen LogP contribution in [0.25, 0.3) is 21.7 Å². The van der Waals surface area contributed by atoms with Crippen molar-refractivity contribution >= 4 is 34.8 Å². The van der Waals surface area contributed by atoms with Crippen molar-refractivity contribution < 1.29 is 17.9 Å². The molecule has 1 aliphatic rings. The van der Waals surface area contributed by atoms with Crippen LogP contribution in [-0.4, -0.2) is 55.3 Å². The normalized spacial score (nSPS) is 14.1. The molecule has 1 aliphatic heterocycles. The number of pyridine rings is 1. The number of benzene rings is 2. The fraction of sp³-hybridized carbons (Fsp3) is 0.310. The maximum Gasteiger partial charge on any atom is 0.156 e. The quantitative estimate of drug-likeness (QED) is 0.190. The van der Waals surface area contributed by atoms with Crippen LogP contribution in [0, 0.1) is 17.5 Å². The number of likely N-dealkylation sites (N-methyl/N-ethyl adjacent to an activating group) is 1. The van der Waals surface area contributed by atoms with Gasteiger partial charge in [-0.3, -0.25) is 0 Å². The molecule has 0 atom stereocenters. The molecule has 1 fully saturated rings. The van der Waals surface area contributed by atoms with Crippen molar-refractivity contribution in [2.45, 2.75) is 23.7 Å². The Balaban J connectivity index is 1.49. The second kappa shape index (κ2) is 13.0. The number of hydrogen-bond acceptors (Lipinski definition) is 8. The van der Waals surface area contributed by atoms with E-state index < -0.39 is 17.5 Å². The van der Waals surface area contributed by atoms with Crippen LogP contribution < -0.4 is 10.0 Å². The van der Waals surface area contributed by atoms with Gasteiger partial charge in [0, 0.05) is 44.0 Å². The fourth-order valence-electron chi connectivity index (χ4n) is 4.37. The molecule has 40 heavy (non-hydrogen) atoms. The molecule has 0 amide bonds. The maximum atomic E-state index is 16.0. The molecule has 2 N–H and O–H groups in total. The van der Waals surface area contributed by atoms with Crippen molar-refractivity contribution in [1.29, 1.82) is 0 Å². The van der Waals surface area contributed by atoms with Crippen LogP contribution in [-0.2, 0) is 4.74 Å². The molecule has 3 heterocycles. The summed E-state index contributed by atoms with van der Waals surface area (Å²) in [7, 11) is 4.02. The summed E-state index contributed by atoms with van der Waals surface area (Å²) in [5.41, 5.74) is 1.91. The lowest BCUT2D eigenvalue weighted by molar-refractivity contribution is 0.0853. The summed E-state index contributed by atoms with van der Waals surface area (Å²) >= 11 is 2.38. The Morgan fingerprint density at radius 3 is 2.70 bits per heavy atom. The van der Waals surface area contributed by atoms with Crippen LogP contribution in [0.1, 0.15) is 23.8 Å². The molecule has 1 saturated heterocycles. The van der Waals surface area contributed by atoms with Crippen molar-refractivity contribution in [2.75, 3.05) is 50.4 Å². The Labute approximate surface area is 240 Å². The van der Waals surface area contributed by atoms with Crippen molar-refractivity contribution in [1.82, 2.24) is 14.9 Å². The SMILES string of the molecule is CN(C)CCNc1cc(-c2sc(C3CCOCC3)nc2-c2cccc(NSc3cc(F)ccc3F)c2F)ccn1. The van der Waals surface area contributed by atoms with Gasteiger partial charge in [0.25, 0.3) is 0 Å². The van der Waals surface area contributed by atoms with E-state index in [1.165, 1.54) is 0 Å². The van der Waals surface area contributed by atoms with Crippen LogP contribution in [0.5, 0.6) is 0 Å². The van der Waals surface area contributed by atoms with Crippen molar-refractivity contribution in [3.05, 3.63) is 77.2 Å². The van der Waals surface area contributed by atoms with Gasteiger partial charge in [-0.05, 0) is 86.9 Å². The summed E-state index contributed by atoms with van der Waals surface area (Å²) in [6.07, 6.45) is 3.46. The van der Waals surface area contributed by atoms with Crippen LogP contribution in [0.4, 0.5) is 24.7 Å². The monoisotopic (exact) mass is 585 g/mol. The summed E-state index contributed by atoms with van der Waals surface area (Å²) in [6.45, 7) is 2.93. The number of aromatic nitrogens is 2. The highest BCUT2D eigenvalue weighted by atomic mass is 32.2. The van der Waals surface area contributed by atoms with Crippen molar-refractivity contribution in [3.63, 3.8) is 0 Å². The van der Waals surface area contributed by atoms with Gasteiger partial charge >= 0.3 is 0 Å². The van der Waals surface area contributed by atoms with Gasteiger partial charge in [0.2, 0.25) is 0 Å². The molecular weight excluding hydrogens is 555 g/mol. The molecule has 11 heteroatoms. The number of anilines is 2. The van der Waals surface area contributed by atoms with Gasteiger partial charge < -0.3 is 19.7 Å². The molecule has 2 aromatic heterocycles. The first kappa shape index (κ1) is 28.4. The zero-order chi connectivity index (χ0) is 28.1. The molecule has 0 spiro atoms. The average molecular weight is 586 g/mol. The summed E-state index contributed by atoms with van der Waals surface area (Å²) < 4.78 is 52.1. The first-order chi connectivity index (χ1) is 19.4. The molecule has 0 radical (unpaired) electrons. The number of nitrogens with zero attached hydrogens (tertiary/aromatic N) is 3. The average Bonchev–Trinajstić information content (AvgIpc) is 3.40. The van der Waals surface area contributed by atoms with Gasteiger partial charge in [-0.1, -0.05) is 6.07 Å². The van der Waals surface area contributed by atoms with Crippen molar-refractivity contribution in [2.24, 2.45) is 0 Å². The van der Waals surface area contributed by atoms with E-state index in [-0.39, 0.29) is 16.5 Å². The lowest BCUT2D eigenvalue weighted by atomic mass is 10.0. The van der Waals surface area contributed by atoms with Crippen LogP contribution in [0.15, 0.2) is 59.6 Å². The van der Waals surface area contributed by atoms with Gasteiger partial charge in [-0.2, -0.15) is 0 Å². The van der Waals surface area contributed by atoms with Gasteiger partial charge in [0.15, 0.2) is 5.82 Å². The van der Waals surface area contributed by atoms with Crippen LogP contribution in [0.3, 0.4) is 0 Å². The number of hydrogen-bond donors (Lipinski definition) is 2. The zero-order valence-electron chi connectivity index (χ0n) is 22.2. The first-order valence-corrected chi connectivity index (χ1v) is 14.6. The topological polar surface area (TPSA) is 62.3 Å². The standard InChI is InChI=1S/C29H30F3N5OS2/c1-37(2)13-12-34-25-16-19(8-11-33-25)28-27(35-29(39-28)18-9-14-38-15-10-18)21-4-3-5-23(26(21)32)36-40-24-17-20(30)6-7-22(24)31/h3-8,11,16-18,36H,9-10,12-15H2,1-2H3,(H,33,34). The highest BCUT2D eigenvalue weighted by molar-refractivity contribution is 8.00. The van der Waals surface area contributed by atoms with E-state index in [0.717, 1.165) is 77.3 Å². The molecule has 5 rings (SSSR count). The highest BCUT2D eigenvalue weighted by Gasteiger charge is 2.25. The summed E-state index contributed by atoms with van der Waals surface area (Å²) in [6, 6.07) is 12.0. The number of nitrogens with one attached hydrogen (secondary N) is 2. The van der Waals surface area contributed by atoms with Gasteiger partial charge in [0.1, 0.15) is 17.5 Å². The largest absolute Gasteiger partial charge is 0.381 e. The van der Waals surface area contributed by atoms with E-state index in [9.17, 15) is 8.78 Å². The van der Waals surface area contributed by atoms with Gasteiger partial charge in [-0.15, -0.1) is 11.3 Å². The van der Waals surface area contributed by atoms with Crippen LogP contribution >= 0.6 is 23.3 Å². The Bertz CT molecular complexity index is 1460. The lowest BCUT2D eigenvalue weighted by Gasteiger charge is -2.19. The zero-order valence-corrected chi connectivity index (χ0v) is 23.8. The first-order valence-electron chi connectivity index (χ1n) is 13.0. The summed E-state index contributed by atoms with van der Waals surface area (Å²) in [5.74, 6) is -0.709. The molecule has 4 aromatic rings. The fourth-order valence-corrected chi connectivity index (χ4v) is 6.33. The van der Waals surface area contributed by atoms with E-state index in [2.05, 4.69) is 19.9 Å². The maximum absolute atomic E-state index is 16.0. The summed E-state index contributed by atoms with van der Waals surface area (Å²) in [5, 5.41) is 4.29. The Kier molecular flexibility index (Phi) is 9.25. The predicted molar refractivity (Wildman–Crippen MR) is 156 cm³/mol. The van der Waals surface area contributed by atoms with E-state index in [1.807, 2.05) is 26.2 Å². The molecular formula is C29H30F3N5OS2. The minimum absolute atomic E-state index is 0.0343.